The summed E-state index contributed by atoms with van der Waals surface area (Å²) in [6.07, 6.45) is -2.53. The summed E-state index contributed by atoms with van der Waals surface area (Å²) in [4.78, 5) is 34.7. The second-order valence-corrected chi connectivity index (χ2v) is 8.67. The van der Waals surface area contributed by atoms with Crippen molar-refractivity contribution in [2.75, 3.05) is 25.0 Å². The number of hydrogen-bond donors (Lipinski definition) is 3. The van der Waals surface area contributed by atoms with E-state index in [-0.39, 0.29) is 12.2 Å². The standard InChI is InChI=1S/C20H24F2N8O.C2HF3O2/c1-11-6-17(27-19(26-11)20(2,21)22)30-15-7-13(8-16(23)31)25-9-14(15)18(28-30)29-5-4-12(10-29)24-3;3-2(4,5)1(6)7/h6-7,9,12,24H,4-5,8,10H2,1-3H3,(H2,23,31);(H,6,7). The summed E-state index contributed by atoms with van der Waals surface area (Å²) in [6, 6.07) is 3.62. The van der Waals surface area contributed by atoms with Gasteiger partial charge in [-0.25, -0.2) is 19.4 Å². The number of likely N-dealkylation sites (N-methyl/N-ethyl adjacent to an activating group) is 1. The SMILES string of the molecule is CNC1CCN(c2nn(-c3cc(C)nc(C(C)(F)F)n3)c3cc(CC(N)=O)ncc23)C1.O=C(O)C(F)(F)F. The predicted octanol–water partition coefficient (Wildman–Crippen LogP) is 2.09. The number of halogens is 5. The first kappa shape index (κ1) is 28.6. The quantitative estimate of drug-likeness (QED) is 0.396. The molecule has 16 heteroatoms. The van der Waals surface area contributed by atoms with Crippen LogP contribution in [0.1, 0.15) is 30.6 Å². The number of amides is 1. The fourth-order valence-electron chi connectivity index (χ4n) is 3.76. The maximum Gasteiger partial charge on any atom is 0.490 e. The lowest BCUT2D eigenvalue weighted by Gasteiger charge is -2.15. The van der Waals surface area contributed by atoms with Crippen molar-refractivity contribution in [1.29, 1.82) is 0 Å². The van der Waals surface area contributed by atoms with Crippen LogP contribution in [0, 0.1) is 6.92 Å². The number of nitrogens with zero attached hydrogens (tertiary/aromatic N) is 6. The minimum atomic E-state index is -5.08. The van der Waals surface area contributed by atoms with Crippen LogP contribution in [0.3, 0.4) is 0 Å². The van der Waals surface area contributed by atoms with E-state index in [1.54, 1.807) is 25.3 Å². The Balaban J connectivity index is 0.000000505. The summed E-state index contributed by atoms with van der Waals surface area (Å²) in [5.41, 5.74) is 6.79. The summed E-state index contributed by atoms with van der Waals surface area (Å²) in [7, 11) is 1.92. The van der Waals surface area contributed by atoms with Crippen molar-refractivity contribution in [3.8, 4) is 5.82 Å². The van der Waals surface area contributed by atoms with Crippen LogP contribution in [0.4, 0.5) is 27.8 Å². The summed E-state index contributed by atoms with van der Waals surface area (Å²) in [5, 5.41) is 15.9. The fourth-order valence-corrected chi connectivity index (χ4v) is 3.76. The average molecular weight is 544 g/mol. The van der Waals surface area contributed by atoms with E-state index < -0.39 is 29.8 Å². The van der Waals surface area contributed by atoms with Crippen LogP contribution in [0.25, 0.3) is 16.7 Å². The van der Waals surface area contributed by atoms with Gasteiger partial charge < -0.3 is 21.1 Å². The molecule has 0 aliphatic carbocycles. The Morgan fingerprint density at radius 1 is 1.21 bits per heavy atom. The maximum absolute atomic E-state index is 14.0. The van der Waals surface area contributed by atoms with Crippen LogP contribution in [-0.2, 0) is 21.9 Å². The molecule has 0 saturated carbocycles. The number of carboxylic acids is 1. The topological polar surface area (TPSA) is 152 Å². The largest absolute Gasteiger partial charge is 0.490 e. The van der Waals surface area contributed by atoms with Gasteiger partial charge in [0.25, 0.3) is 0 Å². The molecule has 1 aliphatic heterocycles. The molecule has 1 saturated heterocycles. The molecule has 1 aliphatic rings. The van der Waals surface area contributed by atoms with Crippen LogP contribution in [0.5, 0.6) is 0 Å². The van der Waals surface area contributed by atoms with Gasteiger partial charge in [0.05, 0.1) is 23.0 Å². The van der Waals surface area contributed by atoms with Gasteiger partial charge in [-0.15, -0.1) is 5.10 Å². The van der Waals surface area contributed by atoms with E-state index in [9.17, 15) is 26.7 Å². The van der Waals surface area contributed by atoms with Crippen LogP contribution in [0.2, 0.25) is 0 Å². The molecule has 206 valence electrons. The summed E-state index contributed by atoms with van der Waals surface area (Å²) >= 11 is 0. The molecular weight excluding hydrogens is 519 g/mol. The van der Waals surface area contributed by atoms with Gasteiger partial charge >= 0.3 is 18.1 Å². The molecule has 0 radical (unpaired) electrons. The fraction of sp³-hybridized carbons (Fsp3) is 0.455. The van der Waals surface area contributed by atoms with Gasteiger partial charge in [0.2, 0.25) is 11.7 Å². The number of aliphatic carboxylic acids is 1. The highest BCUT2D eigenvalue weighted by Crippen LogP contribution is 2.31. The number of aryl methyl sites for hydroxylation is 1. The number of hydrogen-bond acceptors (Lipinski definition) is 8. The number of fused-ring (bicyclic) bond motifs is 1. The number of rotatable bonds is 6. The number of carbonyl (C=O) groups is 2. The first-order chi connectivity index (χ1) is 17.6. The van der Waals surface area contributed by atoms with Crippen molar-refractivity contribution in [2.45, 2.75) is 44.8 Å². The molecule has 0 aromatic carbocycles. The second-order valence-electron chi connectivity index (χ2n) is 8.67. The lowest BCUT2D eigenvalue weighted by Crippen LogP contribution is -2.29. The zero-order valence-electron chi connectivity index (χ0n) is 20.6. The third-order valence-electron chi connectivity index (χ3n) is 5.55. The molecule has 38 heavy (non-hydrogen) atoms. The van der Waals surface area contributed by atoms with Crippen LogP contribution in [-0.4, -0.2) is 74.1 Å². The van der Waals surface area contributed by atoms with E-state index in [0.29, 0.717) is 28.8 Å². The van der Waals surface area contributed by atoms with Gasteiger partial charge in [-0.1, -0.05) is 0 Å². The van der Waals surface area contributed by atoms with Crippen molar-refractivity contribution in [2.24, 2.45) is 5.73 Å². The summed E-state index contributed by atoms with van der Waals surface area (Å²) in [6.45, 7) is 3.94. The van der Waals surface area contributed by atoms with E-state index in [2.05, 4.69) is 25.2 Å². The molecule has 4 heterocycles. The molecule has 0 bridgehead atoms. The maximum atomic E-state index is 14.0. The minimum absolute atomic E-state index is 0.0386. The minimum Gasteiger partial charge on any atom is -0.475 e. The van der Waals surface area contributed by atoms with Crippen molar-refractivity contribution in [3.05, 3.63) is 35.5 Å². The number of anilines is 1. The normalized spacial score (nSPS) is 15.9. The molecule has 1 atom stereocenters. The lowest BCUT2D eigenvalue weighted by atomic mass is 10.2. The Labute approximate surface area is 212 Å². The number of alkyl halides is 5. The van der Waals surface area contributed by atoms with E-state index in [1.807, 2.05) is 7.05 Å². The Morgan fingerprint density at radius 3 is 2.39 bits per heavy atom. The van der Waals surface area contributed by atoms with Gasteiger partial charge in [0.1, 0.15) is 0 Å². The van der Waals surface area contributed by atoms with Gasteiger partial charge in [0, 0.05) is 44.0 Å². The number of carbonyl (C=O) groups excluding carboxylic acids is 1. The predicted molar refractivity (Wildman–Crippen MR) is 125 cm³/mol. The van der Waals surface area contributed by atoms with Gasteiger partial charge in [-0.05, 0) is 26.5 Å². The number of primary amides is 1. The van der Waals surface area contributed by atoms with Crippen molar-refractivity contribution >= 4 is 28.6 Å². The molecule has 1 fully saturated rings. The van der Waals surface area contributed by atoms with E-state index in [4.69, 9.17) is 20.7 Å². The second kappa shape index (κ2) is 10.8. The molecule has 3 aromatic rings. The van der Waals surface area contributed by atoms with Crippen molar-refractivity contribution in [3.63, 3.8) is 0 Å². The molecule has 1 unspecified atom stereocenters. The Hall–Kier alpha value is -3.95. The molecule has 4 N–H and O–H groups in total. The highest BCUT2D eigenvalue weighted by Gasteiger charge is 2.38. The van der Waals surface area contributed by atoms with Crippen LogP contribution < -0.4 is 16.0 Å². The van der Waals surface area contributed by atoms with Crippen molar-refractivity contribution < 1.29 is 36.6 Å². The van der Waals surface area contributed by atoms with E-state index in [1.165, 1.54) is 4.68 Å². The Morgan fingerprint density at radius 2 is 1.87 bits per heavy atom. The smallest absolute Gasteiger partial charge is 0.475 e. The number of nitrogens with one attached hydrogen (secondary N) is 1. The average Bonchev–Trinajstić information content (AvgIpc) is 3.42. The molecule has 11 nitrogen and oxygen atoms in total. The number of aromatic nitrogens is 5. The molecule has 0 spiro atoms. The molecule has 4 rings (SSSR count). The van der Waals surface area contributed by atoms with Gasteiger partial charge in [-0.3, -0.25) is 9.78 Å². The third kappa shape index (κ3) is 6.67. The zero-order valence-corrected chi connectivity index (χ0v) is 20.6. The van der Waals surface area contributed by atoms with E-state index in [0.717, 1.165) is 31.8 Å². The Bertz CT molecular complexity index is 1340. The van der Waals surface area contributed by atoms with E-state index >= 15 is 0 Å². The molecular formula is C22H25F5N8O3. The lowest BCUT2D eigenvalue weighted by molar-refractivity contribution is -0.192. The third-order valence-corrected chi connectivity index (χ3v) is 5.55. The number of pyridine rings is 1. The number of nitrogens with two attached hydrogens (primary N) is 1. The zero-order chi connectivity index (χ0) is 28.4. The van der Waals surface area contributed by atoms with Crippen LogP contribution in [0.15, 0.2) is 18.3 Å². The molecule has 1 amide bonds. The highest BCUT2D eigenvalue weighted by atomic mass is 19.4. The first-order valence-electron chi connectivity index (χ1n) is 11.2. The van der Waals surface area contributed by atoms with Crippen LogP contribution >= 0.6 is 0 Å². The highest BCUT2D eigenvalue weighted by molar-refractivity contribution is 5.92. The summed E-state index contributed by atoms with van der Waals surface area (Å²) < 4.78 is 61.2. The van der Waals surface area contributed by atoms with Crippen molar-refractivity contribution in [1.82, 2.24) is 30.0 Å². The number of carboxylic acid groups (broad SMARTS) is 1. The Kier molecular flexibility index (Phi) is 8.14. The first-order valence-corrected chi connectivity index (χ1v) is 11.2. The monoisotopic (exact) mass is 544 g/mol. The van der Waals surface area contributed by atoms with Gasteiger partial charge in [-0.2, -0.15) is 22.0 Å². The van der Waals surface area contributed by atoms with Gasteiger partial charge in [0.15, 0.2) is 11.6 Å². The summed E-state index contributed by atoms with van der Waals surface area (Å²) in [5.74, 6) is -6.13. The molecule has 3 aromatic heterocycles.